The Bertz CT molecular complexity index is 1240. The van der Waals surface area contributed by atoms with E-state index in [0.29, 0.717) is 23.2 Å². The van der Waals surface area contributed by atoms with Crippen molar-refractivity contribution in [3.8, 4) is 5.75 Å². The number of Topliss-reactive ketones (excluding diaryl/α,β-unsaturated/α-hetero) is 1. The van der Waals surface area contributed by atoms with Crippen LogP contribution in [-0.2, 0) is 11.2 Å². The zero-order valence-corrected chi connectivity index (χ0v) is 20.3. The largest absolute Gasteiger partial charge is 0.573 e. The van der Waals surface area contributed by atoms with Gasteiger partial charge >= 0.3 is 6.36 Å². The van der Waals surface area contributed by atoms with Crippen molar-refractivity contribution in [1.82, 2.24) is 25.3 Å². The van der Waals surface area contributed by atoms with E-state index >= 15 is 0 Å². The van der Waals surface area contributed by atoms with Gasteiger partial charge in [0, 0.05) is 38.4 Å². The molecule has 0 saturated carbocycles. The number of ketones is 1. The van der Waals surface area contributed by atoms with E-state index in [-0.39, 0.29) is 23.8 Å². The quantitative estimate of drug-likeness (QED) is 0.411. The number of hydrogen-bond donors (Lipinski definition) is 1. The van der Waals surface area contributed by atoms with E-state index in [9.17, 15) is 22.4 Å². The number of ether oxygens (including phenoxy) is 1. The van der Waals surface area contributed by atoms with Crippen molar-refractivity contribution in [2.24, 2.45) is 0 Å². The molecule has 1 N–H and O–H groups in total. The van der Waals surface area contributed by atoms with Gasteiger partial charge in [-0.2, -0.15) is 5.10 Å². The van der Waals surface area contributed by atoms with E-state index in [2.05, 4.69) is 35.3 Å². The molecule has 2 aromatic heterocycles. The summed E-state index contributed by atoms with van der Waals surface area (Å²) in [5, 5.41) is 20.7. The van der Waals surface area contributed by atoms with E-state index in [4.69, 9.17) is 0 Å². The number of nitrogens with zero attached hydrogens (tertiary/aromatic N) is 6. The summed E-state index contributed by atoms with van der Waals surface area (Å²) >= 11 is 1.26. The molecule has 0 bridgehead atoms. The fourth-order valence-electron chi connectivity index (χ4n) is 4.44. The average Bonchev–Trinajstić information content (AvgIpc) is 3.47. The lowest BCUT2D eigenvalue weighted by molar-refractivity contribution is -0.275. The summed E-state index contributed by atoms with van der Waals surface area (Å²) in [6, 6.07) is 6.17. The molecule has 5 rings (SSSR count). The molecule has 3 aromatic rings. The van der Waals surface area contributed by atoms with Crippen molar-refractivity contribution in [3.63, 3.8) is 0 Å². The predicted octanol–water partition coefficient (Wildman–Crippen LogP) is 3.62. The van der Waals surface area contributed by atoms with E-state index in [0.717, 1.165) is 43.9 Å². The number of nitrogens with one attached hydrogen (secondary N) is 1. The third-order valence-electron chi connectivity index (χ3n) is 6.25. The molecule has 2 fully saturated rings. The van der Waals surface area contributed by atoms with Crippen molar-refractivity contribution in [3.05, 3.63) is 52.9 Å². The van der Waals surface area contributed by atoms with E-state index < -0.39 is 24.0 Å². The number of alkyl halides is 3. The average molecular weight is 538 g/mol. The molecule has 0 amide bonds. The Morgan fingerprint density at radius 3 is 2.73 bits per heavy atom. The normalized spacial score (nSPS) is 18.9. The Morgan fingerprint density at radius 2 is 2.03 bits per heavy atom. The van der Waals surface area contributed by atoms with Gasteiger partial charge in [-0.05, 0) is 42.7 Å². The lowest BCUT2D eigenvalue weighted by Crippen LogP contribution is -2.44. The van der Waals surface area contributed by atoms with Gasteiger partial charge in [0.25, 0.3) is 0 Å². The molecule has 196 valence electrons. The van der Waals surface area contributed by atoms with Crippen molar-refractivity contribution in [2.45, 2.75) is 37.7 Å². The molecule has 9 nitrogen and oxygen atoms in total. The molecule has 2 aliphatic heterocycles. The number of aromatic nitrogens is 4. The predicted molar refractivity (Wildman–Crippen MR) is 127 cm³/mol. The maximum Gasteiger partial charge on any atom is 0.573 e. The number of rotatable bonds is 9. The van der Waals surface area contributed by atoms with E-state index in [1.54, 1.807) is 6.20 Å². The van der Waals surface area contributed by atoms with Crippen LogP contribution in [0.4, 0.5) is 28.5 Å². The van der Waals surface area contributed by atoms with Gasteiger partial charge in [0.05, 0.1) is 12.5 Å². The molecule has 2 atom stereocenters. The van der Waals surface area contributed by atoms with Crippen LogP contribution in [0, 0.1) is 5.82 Å². The van der Waals surface area contributed by atoms with Crippen molar-refractivity contribution < 1.29 is 27.1 Å². The summed E-state index contributed by atoms with van der Waals surface area (Å²) in [6.45, 7) is 2.75. The molecule has 0 aliphatic carbocycles. The summed E-state index contributed by atoms with van der Waals surface area (Å²) in [7, 11) is 0. The summed E-state index contributed by atoms with van der Waals surface area (Å²) in [4.78, 5) is 17.2. The van der Waals surface area contributed by atoms with Crippen LogP contribution in [0.3, 0.4) is 0 Å². The van der Waals surface area contributed by atoms with Crippen LogP contribution < -0.4 is 15.0 Å². The molecule has 14 heteroatoms. The Kier molecular flexibility index (Phi) is 7.20. The smallest absolute Gasteiger partial charge is 0.403 e. The van der Waals surface area contributed by atoms with Gasteiger partial charge in [0.1, 0.15) is 5.01 Å². The zero-order chi connectivity index (χ0) is 26.0. The number of halogens is 4. The minimum atomic E-state index is -5.05. The molecule has 0 unspecified atom stereocenters. The van der Waals surface area contributed by atoms with Gasteiger partial charge in [-0.1, -0.05) is 17.4 Å². The number of benzene rings is 1. The maximum absolute atomic E-state index is 13.9. The van der Waals surface area contributed by atoms with Crippen LogP contribution in [0.5, 0.6) is 5.75 Å². The first-order valence-electron chi connectivity index (χ1n) is 11.7. The molecular formula is C23H23F4N7O2S. The highest BCUT2D eigenvalue weighted by Gasteiger charge is 2.35. The molecule has 2 aliphatic rings. The van der Waals surface area contributed by atoms with Crippen molar-refractivity contribution in [1.29, 1.82) is 0 Å². The summed E-state index contributed by atoms with van der Waals surface area (Å²) in [6.07, 6.45) is -1.75. The lowest BCUT2D eigenvalue weighted by atomic mass is 9.96. The first kappa shape index (κ1) is 25.3. The Balaban J connectivity index is 1.24. The number of likely N-dealkylation sites (tertiary alicyclic amines) is 1. The van der Waals surface area contributed by atoms with Gasteiger partial charge in [-0.25, -0.2) is 4.39 Å². The van der Waals surface area contributed by atoms with Crippen LogP contribution in [0.15, 0.2) is 36.5 Å². The van der Waals surface area contributed by atoms with Crippen LogP contribution in [0.2, 0.25) is 0 Å². The first-order chi connectivity index (χ1) is 17.7. The fourth-order valence-corrected chi connectivity index (χ4v) is 5.27. The Labute approximate surface area is 213 Å². The molecule has 37 heavy (non-hydrogen) atoms. The second-order valence-electron chi connectivity index (χ2n) is 8.83. The Hall–Kier alpha value is -3.39. The second kappa shape index (κ2) is 10.5. The van der Waals surface area contributed by atoms with Crippen LogP contribution in [0.25, 0.3) is 0 Å². The fraction of sp³-hybridized carbons (Fsp3) is 0.435. The second-order valence-corrected chi connectivity index (χ2v) is 9.89. The summed E-state index contributed by atoms with van der Waals surface area (Å²) in [5.74, 6) is -1.57. The minimum absolute atomic E-state index is 0.0518. The van der Waals surface area contributed by atoms with Crippen LogP contribution in [-0.4, -0.2) is 69.7 Å². The van der Waals surface area contributed by atoms with Gasteiger partial charge in [-0.3, -0.25) is 9.69 Å². The van der Waals surface area contributed by atoms with E-state index in [1.165, 1.54) is 17.4 Å². The summed E-state index contributed by atoms with van der Waals surface area (Å²) < 4.78 is 55.8. The first-order valence-corrected chi connectivity index (χ1v) is 12.5. The topological polar surface area (TPSA) is 96.4 Å². The summed E-state index contributed by atoms with van der Waals surface area (Å²) in [5.41, 5.74) is 0.239. The lowest BCUT2D eigenvalue weighted by Gasteiger charge is -2.37. The molecule has 1 aromatic carbocycles. The highest BCUT2D eigenvalue weighted by molar-refractivity contribution is 7.15. The van der Waals surface area contributed by atoms with Gasteiger partial charge in [0.2, 0.25) is 5.13 Å². The maximum atomic E-state index is 13.9. The van der Waals surface area contributed by atoms with Crippen LogP contribution in [0.1, 0.15) is 29.5 Å². The third kappa shape index (κ3) is 6.13. The monoisotopic (exact) mass is 537 g/mol. The zero-order valence-electron chi connectivity index (χ0n) is 19.5. The van der Waals surface area contributed by atoms with Gasteiger partial charge in [0.15, 0.2) is 23.2 Å². The van der Waals surface area contributed by atoms with Gasteiger partial charge in [-0.15, -0.1) is 28.5 Å². The number of anilines is 2. The van der Waals surface area contributed by atoms with Crippen molar-refractivity contribution >= 4 is 28.1 Å². The number of carbonyl (C=O) groups excluding carboxylic acids is 1. The Morgan fingerprint density at radius 1 is 1.19 bits per heavy atom. The SMILES string of the molecule is O=C(Cc1nnc(N[C@@H]2CCN(c3cccnn3)C2)s1)[C@H](c1ccc(F)c(OC(F)(F)F)c1)N1CCC1. The molecular weight excluding hydrogens is 514 g/mol. The molecule has 0 spiro atoms. The van der Waals surface area contributed by atoms with Crippen LogP contribution >= 0.6 is 11.3 Å². The standard InChI is InChI=1S/C23H23F4N7O2S/c24-16-5-4-14(11-18(16)36-23(25,26)27)21(33-8-2-9-33)17(35)12-20-31-32-22(37-20)29-15-6-10-34(13-15)19-3-1-7-28-30-19/h1,3-5,7,11,15,21H,2,6,8-10,12-13H2,(H,29,32)/t15-,21+/m1/s1. The van der Waals surface area contributed by atoms with Gasteiger partial charge < -0.3 is 15.0 Å². The molecule has 2 saturated heterocycles. The highest BCUT2D eigenvalue weighted by Crippen LogP contribution is 2.34. The minimum Gasteiger partial charge on any atom is -0.403 e. The number of carbonyl (C=O) groups is 1. The third-order valence-corrected chi connectivity index (χ3v) is 7.10. The highest BCUT2D eigenvalue weighted by atomic mass is 32.1. The molecule has 0 radical (unpaired) electrons. The van der Waals surface area contributed by atoms with Crippen molar-refractivity contribution in [2.75, 3.05) is 36.4 Å². The molecule has 4 heterocycles. The van der Waals surface area contributed by atoms with E-state index in [1.807, 2.05) is 17.0 Å². The number of hydrogen-bond acceptors (Lipinski definition) is 10.